The van der Waals surface area contributed by atoms with Gasteiger partial charge in [0.05, 0.1) is 29.7 Å². The molecule has 0 radical (unpaired) electrons. The fourth-order valence-electron chi connectivity index (χ4n) is 2.47. The number of amides is 1. The summed E-state index contributed by atoms with van der Waals surface area (Å²) >= 11 is 0. The fourth-order valence-corrected chi connectivity index (χ4v) is 3.95. The summed E-state index contributed by atoms with van der Waals surface area (Å²) in [5, 5.41) is 2.74. The number of carbonyl (C=O) groups excluding carboxylic acids is 1. The quantitative estimate of drug-likeness (QED) is 0.877. The van der Waals surface area contributed by atoms with Crippen molar-refractivity contribution in [1.29, 1.82) is 0 Å². The van der Waals surface area contributed by atoms with E-state index in [-0.39, 0.29) is 23.4 Å². The molecule has 1 unspecified atom stereocenters. The number of anilines is 2. The summed E-state index contributed by atoms with van der Waals surface area (Å²) in [6, 6.07) is 1.58. The highest BCUT2D eigenvalue weighted by molar-refractivity contribution is 7.92. The number of aromatic amines is 1. The minimum Gasteiger partial charge on any atom is -0.331 e. The third kappa shape index (κ3) is 2.75. The van der Waals surface area contributed by atoms with Crippen molar-refractivity contribution in [1.82, 2.24) is 15.0 Å². The summed E-state index contributed by atoms with van der Waals surface area (Å²) in [4.78, 5) is 23.1. The van der Waals surface area contributed by atoms with Crippen LogP contribution in [0.4, 0.5) is 11.4 Å². The predicted octanol–water partition coefficient (Wildman–Crippen LogP) is 1.71. The van der Waals surface area contributed by atoms with Gasteiger partial charge in [-0.2, -0.15) is 8.42 Å². The van der Waals surface area contributed by atoms with E-state index in [1.165, 1.54) is 22.9 Å². The van der Waals surface area contributed by atoms with Crippen molar-refractivity contribution in [2.75, 3.05) is 16.2 Å². The van der Waals surface area contributed by atoms with Gasteiger partial charge in [-0.15, -0.1) is 0 Å². The Kier molecular flexibility index (Phi) is 4.04. The van der Waals surface area contributed by atoms with Crippen LogP contribution in [0.1, 0.15) is 32.5 Å². The number of pyridine rings is 1. The number of carbonyl (C=O) groups is 1. The zero-order chi connectivity index (χ0) is 17.5. The third-order valence-corrected chi connectivity index (χ3v) is 5.59. The van der Waals surface area contributed by atoms with Crippen LogP contribution in [-0.2, 0) is 14.8 Å². The average Bonchev–Trinajstić information content (AvgIpc) is 2.99. The van der Waals surface area contributed by atoms with Crippen molar-refractivity contribution in [2.24, 2.45) is 5.92 Å². The number of imidazole rings is 1. The van der Waals surface area contributed by atoms with E-state index >= 15 is 0 Å². The number of fused-ring (bicyclic) bond motifs is 1. The first-order valence-electron chi connectivity index (χ1n) is 7.63. The molecule has 0 saturated heterocycles. The van der Waals surface area contributed by atoms with E-state index in [1.54, 1.807) is 13.0 Å². The van der Waals surface area contributed by atoms with Gasteiger partial charge in [0.15, 0.2) is 5.03 Å². The maximum absolute atomic E-state index is 13.1. The zero-order valence-corrected chi connectivity index (χ0v) is 14.5. The minimum atomic E-state index is -3.88. The van der Waals surface area contributed by atoms with Crippen LogP contribution in [0.5, 0.6) is 0 Å². The largest absolute Gasteiger partial charge is 0.331 e. The van der Waals surface area contributed by atoms with E-state index in [2.05, 4.69) is 20.3 Å². The molecule has 1 atom stereocenters. The number of hydrogen-bond acceptors (Lipinski definition) is 5. The number of nitrogens with zero attached hydrogens (tertiary/aromatic N) is 3. The van der Waals surface area contributed by atoms with Gasteiger partial charge >= 0.3 is 0 Å². The second-order valence-corrected chi connectivity index (χ2v) is 7.94. The van der Waals surface area contributed by atoms with Crippen molar-refractivity contribution in [3.63, 3.8) is 0 Å². The van der Waals surface area contributed by atoms with Crippen LogP contribution in [-0.4, -0.2) is 35.8 Å². The summed E-state index contributed by atoms with van der Waals surface area (Å²) in [6.07, 6.45) is 4.25. The summed E-state index contributed by atoms with van der Waals surface area (Å²) in [5.41, 5.74) is 0.766. The lowest BCUT2D eigenvalue weighted by Crippen LogP contribution is -2.36. The van der Waals surface area contributed by atoms with E-state index < -0.39 is 15.9 Å². The van der Waals surface area contributed by atoms with Gasteiger partial charge < -0.3 is 10.3 Å². The van der Waals surface area contributed by atoms with Crippen LogP contribution >= 0.6 is 0 Å². The van der Waals surface area contributed by atoms with Crippen LogP contribution in [0, 0.1) is 5.92 Å². The van der Waals surface area contributed by atoms with Gasteiger partial charge in [0.2, 0.25) is 5.91 Å². The molecule has 2 aromatic heterocycles. The van der Waals surface area contributed by atoms with Crippen LogP contribution in [0.25, 0.3) is 0 Å². The lowest BCUT2D eigenvalue weighted by Gasteiger charge is -2.23. The van der Waals surface area contributed by atoms with Gasteiger partial charge in [-0.1, -0.05) is 20.8 Å². The maximum Gasteiger partial charge on any atom is 0.281 e. The maximum atomic E-state index is 13.1. The number of hydrogen-bond donors (Lipinski definition) is 2. The minimum absolute atomic E-state index is 0.00236. The highest BCUT2D eigenvalue weighted by Crippen LogP contribution is 2.33. The lowest BCUT2D eigenvalue weighted by molar-refractivity contribution is -0.119. The van der Waals surface area contributed by atoms with Crippen molar-refractivity contribution >= 4 is 27.3 Å². The smallest absolute Gasteiger partial charge is 0.281 e. The van der Waals surface area contributed by atoms with Crippen molar-refractivity contribution in [3.05, 3.63) is 30.5 Å². The van der Waals surface area contributed by atoms with Gasteiger partial charge in [-0.25, -0.2) is 4.98 Å². The Morgan fingerprint density at radius 3 is 2.75 bits per heavy atom. The predicted molar refractivity (Wildman–Crippen MR) is 89.2 cm³/mol. The van der Waals surface area contributed by atoms with Crippen molar-refractivity contribution in [2.45, 2.75) is 31.7 Å². The van der Waals surface area contributed by atoms with E-state index in [0.29, 0.717) is 17.2 Å². The molecule has 1 aliphatic heterocycles. The zero-order valence-electron chi connectivity index (χ0n) is 13.6. The Bertz CT molecular complexity index is 875. The number of aromatic nitrogens is 3. The van der Waals surface area contributed by atoms with E-state index in [0.717, 1.165) is 0 Å². The number of H-pyrrole nitrogens is 1. The standard InChI is InChI=1S/C15H19N5O3S/c1-9(2)14-17-7-13(19-14)24(22,23)20-8-10(3)15(21)18-11-4-5-16-6-12(11)20/h4-7,9-10H,8H2,1-3H3,(H,17,19)(H,18,21). The molecule has 0 aromatic carbocycles. The molecule has 24 heavy (non-hydrogen) atoms. The van der Waals surface area contributed by atoms with Gasteiger partial charge in [0, 0.05) is 18.7 Å². The van der Waals surface area contributed by atoms with Gasteiger partial charge in [0.25, 0.3) is 10.0 Å². The average molecular weight is 349 g/mol. The molecule has 2 aromatic rings. The third-order valence-electron chi connectivity index (χ3n) is 3.90. The molecule has 0 bridgehead atoms. The first-order chi connectivity index (χ1) is 11.3. The summed E-state index contributed by atoms with van der Waals surface area (Å²) in [7, 11) is -3.88. The molecule has 3 heterocycles. The molecule has 0 aliphatic carbocycles. The van der Waals surface area contributed by atoms with Crippen LogP contribution < -0.4 is 9.62 Å². The molecule has 9 heteroatoms. The molecule has 0 saturated carbocycles. The first-order valence-corrected chi connectivity index (χ1v) is 9.07. The molecular formula is C15H19N5O3S. The van der Waals surface area contributed by atoms with Gasteiger partial charge in [-0.05, 0) is 6.07 Å². The topological polar surface area (TPSA) is 108 Å². The molecule has 2 N–H and O–H groups in total. The second kappa shape index (κ2) is 5.90. The van der Waals surface area contributed by atoms with E-state index in [1.807, 2.05) is 13.8 Å². The molecule has 8 nitrogen and oxygen atoms in total. The Hall–Kier alpha value is -2.42. The molecule has 1 aliphatic rings. The first kappa shape index (κ1) is 16.4. The highest BCUT2D eigenvalue weighted by atomic mass is 32.2. The number of rotatable bonds is 3. The molecular weight excluding hydrogens is 330 g/mol. The normalized spacial score (nSPS) is 18.2. The summed E-state index contributed by atoms with van der Waals surface area (Å²) < 4.78 is 27.4. The summed E-state index contributed by atoms with van der Waals surface area (Å²) in [5.74, 6) is -0.0569. The molecule has 128 valence electrons. The molecule has 0 fully saturated rings. The van der Waals surface area contributed by atoms with Crippen LogP contribution in [0.2, 0.25) is 0 Å². The van der Waals surface area contributed by atoms with Crippen molar-refractivity contribution < 1.29 is 13.2 Å². The van der Waals surface area contributed by atoms with E-state index in [4.69, 9.17) is 0 Å². The lowest BCUT2D eigenvalue weighted by atomic mass is 10.2. The Labute approximate surface area is 140 Å². The molecule has 0 spiro atoms. The van der Waals surface area contributed by atoms with Crippen molar-refractivity contribution in [3.8, 4) is 0 Å². The van der Waals surface area contributed by atoms with Gasteiger partial charge in [-0.3, -0.25) is 14.1 Å². The fraction of sp³-hybridized carbons (Fsp3) is 0.400. The van der Waals surface area contributed by atoms with Gasteiger partial charge in [0.1, 0.15) is 5.82 Å². The highest BCUT2D eigenvalue weighted by Gasteiger charge is 2.34. The Morgan fingerprint density at radius 1 is 1.33 bits per heavy atom. The Balaban J connectivity index is 2.10. The second-order valence-electron chi connectivity index (χ2n) is 6.11. The number of sulfonamides is 1. The SMILES string of the molecule is CC1CN(S(=O)(=O)c2cnc(C(C)C)[nH]2)c2cnccc2NC1=O. The molecule has 1 amide bonds. The number of nitrogens with one attached hydrogen (secondary N) is 2. The molecule has 3 rings (SSSR count). The Morgan fingerprint density at radius 2 is 2.08 bits per heavy atom. The monoisotopic (exact) mass is 349 g/mol. The van der Waals surface area contributed by atoms with E-state index in [9.17, 15) is 13.2 Å². The van der Waals surface area contributed by atoms with Crippen LogP contribution in [0.3, 0.4) is 0 Å². The van der Waals surface area contributed by atoms with Crippen LogP contribution in [0.15, 0.2) is 29.7 Å². The summed E-state index contributed by atoms with van der Waals surface area (Å²) in [6.45, 7) is 5.56.